The summed E-state index contributed by atoms with van der Waals surface area (Å²) in [5, 5.41) is 6.10. The van der Waals surface area contributed by atoms with E-state index in [4.69, 9.17) is 5.73 Å². The van der Waals surface area contributed by atoms with Gasteiger partial charge in [-0.2, -0.15) is 0 Å². The Morgan fingerprint density at radius 3 is 2.48 bits per heavy atom. The predicted octanol–water partition coefficient (Wildman–Crippen LogP) is 4.59. The van der Waals surface area contributed by atoms with Crippen molar-refractivity contribution in [2.24, 2.45) is 16.6 Å². The monoisotopic (exact) mass is 478 g/mol. The van der Waals surface area contributed by atoms with E-state index in [1.165, 1.54) is 11.1 Å². The number of nitrogens with two attached hydrogens (primary N) is 1. The van der Waals surface area contributed by atoms with Gasteiger partial charge in [0.1, 0.15) is 0 Å². The number of hydrogen-bond acceptors (Lipinski definition) is 2. The minimum Gasteiger partial charge on any atom is -0.370 e. The number of nitrogens with one attached hydrogen (secondary N) is 2. The zero-order valence-electron chi connectivity index (χ0n) is 15.8. The lowest BCUT2D eigenvalue weighted by Gasteiger charge is -2.24. The average molecular weight is 478 g/mol. The molecule has 0 aromatic heterocycles. The molecule has 1 amide bonds. The Morgan fingerprint density at radius 1 is 1.07 bits per heavy atom. The summed E-state index contributed by atoms with van der Waals surface area (Å²) in [5.74, 6) is 0.666. The van der Waals surface area contributed by atoms with E-state index >= 15 is 0 Å². The molecule has 27 heavy (non-hydrogen) atoms. The van der Waals surface area contributed by atoms with Crippen molar-refractivity contribution in [3.63, 3.8) is 0 Å². The fourth-order valence-corrected chi connectivity index (χ4v) is 2.85. The van der Waals surface area contributed by atoms with Gasteiger partial charge in [0.25, 0.3) is 0 Å². The maximum Gasteiger partial charge on any atom is 0.227 e. The van der Waals surface area contributed by atoms with Gasteiger partial charge in [0.2, 0.25) is 5.91 Å². The number of carbonyl (C=O) groups is 1. The lowest BCUT2D eigenvalue weighted by molar-refractivity contribution is -0.122. The number of nitrogens with zero attached hydrogens (tertiary/aromatic N) is 1. The van der Waals surface area contributed by atoms with Crippen molar-refractivity contribution >= 4 is 47.2 Å². The van der Waals surface area contributed by atoms with Crippen LogP contribution in [0.1, 0.15) is 36.0 Å². The predicted molar refractivity (Wildman–Crippen MR) is 123 cm³/mol. The molecule has 3 rings (SSSR count). The molecular weight excluding hydrogens is 451 g/mol. The van der Waals surface area contributed by atoms with Crippen LogP contribution in [-0.4, -0.2) is 11.9 Å². The van der Waals surface area contributed by atoms with Gasteiger partial charge in [0.15, 0.2) is 5.96 Å². The van der Waals surface area contributed by atoms with Gasteiger partial charge in [-0.1, -0.05) is 24.6 Å². The van der Waals surface area contributed by atoms with Gasteiger partial charge in [0.05, 0.1) is 6.54 Å². The van der Waals surface area contributed by atoms with E-state index < -0.39 is 0 Å². The first-order valence-electron chi connectivity index (χ1n) is 9.05. The number of amides is 1. The van der Waals surface area contributed by atoms with E-state index in [0.29, 0.717) is 12.5 Å². The number of carbonyl (C=O) groups excluding carboxylic acids is 1. The van der Waals surface area contributed by atoms with Gasteiger partial charge in [0, 0.05) is 17.3 Å². The van der Waals surface area contributed by atoms with Crippen molar-refractivity contribution in [3.8, 4) is 0 Å². The third kappa shape index (κ3) is 5.95. The average Bonchev–Trinajstić information content (AvgIpc) is 2.55. The second-order valence-electron chi connectivity index (χ2n) is 6.94. The molecule has 2 aromatic rings. The maximum absolute atomic E-state index is 12.1. The molecule has 0 unspecified atom stereocenters. The number of benzene rings is 2. The topological polar surface area (TPSA) is 79.5 Å². The van der Waals surface area contributed by atoms with Crippen molar-refractivity contribution in [1.82, 2.24) is 0 Å². The molecule has 0 bridgehead atoms. The van der Waals surface area contributed by atoms with Crippen LogP contribution in [0.3, 0.4) is 0 Å². The first kappa shape index (κ1) is 21.2. The molecule has 1 aliphatic rings. The molecule has 0 atom stereocenters. The number of hydrogen-bond donors (Lipinski definition) is 3. The molecule has 0 aliphatic heterocycles. The SMILES string of the molecule is Cc1ccc(NC(N)=NCc2cccc(NC(=O)C3CCC3)c2)cc1C.I. The number of aryl methyl sites for hydroxylation is 2. The van der Waals surface area contributed by atoms with Crippen LogP contribution >= 0.6 is 24.0 Å². The molecule has 1 fully saturated rings. The van der Waals surface area contributed by atoms with Crippen LogP contribution in [0.15, 0.2) is 47.5 Å². The summed E-state index contributed by atoms with van der Waals surface area (Å²) in [6.07, 6.45) is 3.15. The highest BCUT2D eigenvalue weighted by molar-refractivity contribution is 14.0. The number of aliphatic imine (C=N–C) groups is 1. The Bertz CT molecular complexity index is 831. The molecule has 0 radical (unpaired) electrons. The number of rotatable bonds is 5. The highest BCUT2D eigenvalue weighted by Gasteiger charge is 2.25. The van der Waals surface area contributed by atoms with E-state index in [1.807, 2.05) is 36.4 Å². The first-order chi connectivity index (χ1) is 12.5. The molecule has 6 heteroatoms. The smallest absolute Gasteiger partial charge is 0.227 e. The summed E-state index contributed by atoms with van der Waals surface area (Å²) in [5.41, 5.74) is 11.2. The van der Waals surface area contributed by atoms with Crippen molar-refractivity contribution < 1.29 is 4.79 Å². The largest absolute Gasteiger partial charge is 0.370 e. The molecule has 144 valence electrons. The van der Waals surface area contributed by atoms with E-state index in [9.17, 15) is 4.79 Å². The quantitative estimate of drug-likeness (QED) is 0.334. The highest BCUT2D eigenvalue weighted by atomic mass is 127. The zero-order valence-corrected chi connectivity index (χ0v) is 18.1. The normalized spacial score (nSPS) is 14.1. The Hall–Kier alpha value is -2.09. The van der Waals surface area contributed by atoms with Gasteiger partial charge >= 0.3 is 0 Å². The van der Waals surface area contributed by atoms with Crippen LogP contribution in [0.25, 0.3) is 0 Å². The summed E-state index contributed by atoms with van der Waals surface area (Å²) < 4.78 is 0. The van der Waals surface area contributed by atoms with E-state index in [1.54, 1.807) is 0 Å². The third-order valence-electron chi connectivity index (χ3n) is 4.88. The Balaban J connectivity index is 0.00000261. The summed E-state index contributed by atoms with van der Waals surface area (Å²) in [7, 11) is 0. The van der Waals surface area contributed by atoms with E-state index in [-0.39, 0.29) is 35.8 Å². The van der Waals surface area contributed by atoms with Gasteiger partial charge < -0.3 is 16.4 Å². The minimum absolute atomic E-state index is 0. The van der Waals surface area contributed by atoms with Crippen LogP contribution in [0.4, 0.5) is 11.4 Å². The summed E-state index contributed by atoms with van der Waals surface area (Å²) in [4.78, 5) is 16.5. The van der Waals surface area contributed by atoms with Crippen LogP contribution in [0.2, 0.25) is 0 Å². The molecule has 1 saturated carbocycles. The second-order valence-corrected chi connectivity index (χ2v) is 6.94. The van der Waals surface area contributed by atoms with Crippen molar-refractivity contribution in [2.45, 2.75) is 39.7 Å². The minimum atomic E-state index is 0. The fourth-order valence-electron chi connectivity index (χ4n) is 2.85. The molecular formula is C21H27IN4O. The van der Waals surface area contributed by atoms with Crippen LogP contribution in [-0.2, 0) is 11.3 Å². The maximum atomic E-state index is 12.1. The van der Waals surface area contributed by atoms with Gasteiger partial charge in [-0.25, -0.2) is 4.99 Å². The highest BCUT2D eigenvalue weighted by Crippen LogP contribution is 2.27. The number of halogens is 1. The second kappa shape index (κ2) is 9.73. The van der Waals surface area contributed by atoms with E-state index in [2.05, 4.69) is 35.5 Å². The Kier molecular flexibility index (Phi) is 7.65. The third-order valence-corrected chi connectivity index (χ3v) is 4.88. The van der Waals surface area contributed by atoms with Gasteiger partial charge in [-0.3, -0.25) is 4.79 Å². The number of guanidine groups is 1. The van der Waals surface area contributed by atoms with Crippen LogP contribution < -0.4 is 16.4 Å². The lowest BCUT2D eigenvalue weighted by atomic mass is 9.85. The Labute approximate surface area is 177 Å². The summed E-state index contributed by atoms with van der Waals surface area (Å²) in [6.45, 7) is 4.60. The lowest BCUT2D eigenvalue weighted by Crippen LogP contribution is -2.28. The van der Waals surface area contributed by atoms with E-state index in [0.717, 1.165) is 36.2 Å². The molecule has 2 aromatic carbocycles. The summed E-state index contributed by atoms with van der Waals surface area (Å²) in [6, 6.07) is 13.8. The zero-order chi connectivity index (χ0) is 18.5. The summed E-state index contributed by atoms with van der Waals surface area (Å²) >= 11 is 0. The standard InChI is InChI=1S/C21H26N4O.HI/c1-14-9-10-19(11-15(14)2)25-21(22)23-13-16-5-3-8-18(12-16)24-20(26)17-6-4-7-17;/h3,5,8-12,17H,4,6-7,13H2,1-2H3,(H,24,26)(H3,22,23,25);1H. The van der Waals surface area contributed by atoms with Crippen LogP contribution in [0.5, 0.6) is 0 Å². The molecule has 4 N–H and O–H groups in total. The van der Waals surface area contributed by atoms with Crippen molar-refractivity contribution in [1.29, 1.82) is 0 Å². The molecule has 0 saturated heterocycles. The van der Waals surface area contributed by atoms with Gasteiger partial charge in [-0.15, -0.1) is 24.0 Å². The van der Waals surface area contributed by atoms with Crippen molar-refractivity contribution in [3.05, 3.63) is 59.2 Å². The van der Waals surface area contributed by atoms with Crippen molar-refractivity contribution in [2.75, 3.05) is 10.6 Å². The first-order valence-corrected chi connectivity index (χ1v) is 9.05. The Morgan fingerprint density at radius 2 is 1.81 bits per heavy atom. The van der Waals surface area contributed by atoms with Gasteiger partial charge in [-0.05, 0) is 67.6 Å². The molecule has 1 aliphatic carbocycles. The fraction of sp³-hybridized carbons (Fsp3) is 0.333. The number of anilines is 2. The molecule has 0 spiro atoms. The molecule has 5 nitrogen and oxygen atoms in total. The molecule has 0 heterocycles. The van der Waals surface area contributed by atoms with Crippen LogP contribution in [0, 0.1) is 19.8 Å².